The van der Waals surface area contributed by atoms with E-state index >= 15 is 0 Å². The molecule has 0 aliphatic carbocycles. The molecule has 0 bridgehead atoms. The summed E-state index contributed by atoms with van der Waals surface area (Å²) >= 11 is 2.46. The molecule has 28 heavy (non-hydrogen) atoms. The minimum absolute atomic E-state index is 0.0108. The van der Waals surface area contributed by atoms with Gasteiger partial charge in [-0.3, -0.25) is 0 Å². The number of hydrogen-bond acceptors (Lipinski definition) is 2. The van der Waals surface area contributed by atoms with Crippen LogP contribution in [0.4, 0.5) is 0 Å². The summed E-state index contributed by atoms with van der Waals surface area (Å²) in [6.07, 6.45) is 4.82. The Kier molecular flexibility index (Phi) is 7.76. The molecule has 0 radical (unpaired) electrons. The van der Waals surface area contributed by atoms with Gasteiger partial charge in [-0.1, -0.05) is 104 Å². The highest BCUT2D eigenvalue weighted by Gasteiger charge is 2.52. The van der Waals surface area contributed by atoms with E-state index < -0.39 is 8.32 Å². The Hall–Kier alpha value is -0.693. The molecule has 2 aromatic rings. The molecule has 0 spiro atoms. The maximum absolute atomic E-state index is 7.37. The van der Waals surface area contributed by atoms with Gasteiger partial charge < -0.3 is 9.16 Å². The van der Waals surface area contributed by atoms with Gasteiger partial charge in [0.05, 0.1) is 12.2 Å². The van der Waals surface area contributed by atoms with Crippen molar-refractivity contribution >= 4 is 41.3 Å². The van der Waals surface area contributed by atoms with Crippen molar-refractivity contribution in [2.24, 2.45) is 0 Å². The number of alkyl halides is 1. The largest absolute Gasteiger partial charge is 0.402 e. The van der Waals surface area contributed by atoms with E-state index in [2.05, 4.69) is 104 Å². The fraction of sp³-hybridized carbons (Fsp3) is 0.500. The number of ether oxygens (including phenoxy) is 1. The average molecular weight is 509 g/mol. The lowest BCUT2D eigenvalue weighted by Gasteiger charge is -2.46. The monoisotopic (exact) mass is 508 g/mol. The topological polar surface area (TPSA) is 18.5 Å². The summed E-state index contributed by atoms with van der Waals surface area (Å²) in [6.45, 7) is 7.92. The molecule has 1 aliphatic rings. The Labute approximate surface area is 185 Å². The second-order valence-electron chi connectivity index (χ2n) is 8.70. The van der Waals surface area contributed by atoms with Crippen LogP contribution in [-0.4, -0.2) is 31.6 Å². The summed E-state index contributed by atoms with van der Waals surface area (Å²) in [7, 11) is -2.51. The Bertz CT molecular complexity index is 675. The van der Waals surface area contributed by atoms with Gasteiger partial charge in [-0.15, -0.1) is 0 Å². The Morgan fingerprint density at radius 2 is 1.54 bits per heavy atom. The van der Waals surface area contributed by atoms with E-state index in [0.29, 0.717) is 0 Å². The summed E-state index contributed by atoms with van der Waals surface area (Å²) in [5.74, 6) is 0. The van der Waals surface area contributed by atoms with Gasteiger partial charge in [-0.25, -0.2) is 0 Å². The van der Waals surface area contributed by atoms with Crippen molar-refractivity contribution in [2.75, 3.05) is 11.0 Å². The molecule has 2 nitrogen and oxygen atoms in total. The van der Waals surface area contributed by atoms with Crippen LogP contribution in [-0.2, 0) is 9.16 Å². The Balaban J connectivity index is 2.12. The van der Waals surface area contributed by atoms with E-state index in [-0.39, 0.29) is 17.2 Å². The average Bonchev–Trinajstić information content (AvgIpc) is 2.92. The molecule has 0 aromatic heterocycles. The van der Waals surface area contributed by atoms with Crippen molar-refractivity contribution < 1.29 is 9.16 Å². The van der Waals surface area contributed by atoms with Crippen molar-refractivity contribution in [3.63, 3.8) is 0 Å². The first kappa shape index (κ1) is 22.0. The highest BCUT2D eigenvalue weighted by molar-refractivity contribution is 14.1. The minimum atomic E-state index is -2.51. The quantitative estimate of drug-likeness (QED) is 0.299. The fourth-order valence-corrected chi connectivity index (χ4v) is 9.76. The summed E-state index contributed by atoms with van der Waals surface area (Å²) in [6, 6.07) is 21.9. The molecule has 0 saturated carbocycles. The van der Waals surface area contributed by atoms with Crippen LogP contribution in [0.3, 0.4) is 0 Å². The molecule has 2 aromatic carbocycles. The van der Waals surface area contributed by atoms with Crippen molar-refractivity contribution in [2.45, 2.75) is 63.7 Å². The van der Waals surface area contributed by atoms with Crippen molar-refractivity contribution in [1.82, 2.24) is 0 Å². The van der Waals surface area contributed by atoms with Gasteiger partial charge in [0.25, 0.3) is 8.32 Å². The predicted octanol–water partition coefficient (Wildman–Crippen LogP) is 5.33. The zero-order valence-corrected chi connectivity index (χ0v) is 20.5. The van der Waals surface area contributed by atoms with Crippen molar-refractivity contribution in [3.8, 4) is 0 Å². The molecule has 1 saturated heterocycles. The maximum atomic E-state index is 7.37. The SMILES string of the molecule is CC(C)(C)[Si](O[C@H]1CCCCO[C@H]1CCI)(c1ccccc1)c1ccccc1. The molecule has 2 atom stereocenters. The first-order valence-corrected chi connectivity index (χ1v) is 13.9. The summed E-state index contributed by atoms with van der Waals surface area (Å²) in [5, 5.41) is 2.72. The predicted molar refractivity (Wildman–Crippen MR) is 130 cm³/mol. The number of rotatable bonds is 6. The Morgan fingerprint density at radius 3 is 2.04 bits per heavy atom. The molecule has 0 amide bonds. The van der Waals surface area contributed by atoms with Gasteiger partial charge in [-0.2, -0.15) is 0 Å². The third-order valence-corrected chi connectivity index (χ3v) is 11.5. The van der Waals surface area contributed by atoms with E-state index in [9.17, 15) is 0 Å². The number of halogens is 1. The van der Waals surface area contributed by atoms with Crippen LogP contribution in [0.5, 0.6) is 0 Å². The summed E-state index contributed by atoms with van der Waals surface area (Å²) in [4.78, 5) is 0. The molecule has 3 rings (SSSR count). The Morgan fingerprint density at radius 1 is 0.964 bits per heavy atom. The third-order valence-electron chi connectivity index (χ3n) is 5.77. The summed E-state index contributed by atoms with van der Waals surface area (Å²) < 4.78 is 14.8. The van der Waals surface area contributed by atoms with E-state index in [1.165, 1.54) is 16.8 Å². The summed E-state index contributed by atoms with van der Waals surface area (Å²) in [5.41, 5.74) is 0. The lowest BCUT2D eigenvalue weighted by atomic mass is 10.1. The van der Waals surface area contributed by atoms with Crippen LogP contribution in [0, 0.1) is 0 Å². The lowest BCUT2D eigenvalue weighted by Crippen LogP contribution is -2.68. The lowest BCUT2D eigenvalue weighted by molar-refractivity contribution is -0.0182. The van der Waals surface area contributed by atoms with Crippen LogP contribution in [0.2, 0.25) is 5.04 Å². The van der Waals surface area contributed by atoms with Crippen LogP contribution < -0.4 is 10.4 Å². The molecule has 0 N–H and O–H groups in total. The fourth-order valence-electron chi connectivity index (χ4n) is 4.41. The zero-order valence-electron chi connectivity index (χ0n) is 17.4. The van der Waals surface area contributed by atoms with Crippen LogP contribution in [0.1, 0.15) is 46.5 Å². The van der Waals surface area contributed by atoms with Crippen LogP contribution >= 0.6 is 22.6 Å². The molecule has 152 valence electrons. The molecule has 1 heterocycles. The van der Waals surface area contributed by atoms with Gasteiger partial charge in [0.15, 0.2) is 0 Å². The molecule has 1 fully saturated rings. The number of hydrogen-bond donors (Lipinski definition) is 0. The van der Waals surface area contributed by atoms with Crippen molar-refractivity contribution in [3.05, 3.63) is 60.7 Å². The van der Waals surface area contributed by atoms with Gasteiger partial charge in [0.2, 0.25) is 0 Å². The van der Waals surface area contributed by atoms with Crippen LogP contribution in [0.25, 0.3) is 0 Å². The van der Waals surface area contributed by atoms with Gasteiger partial charge in [0, 0.05) is 11.0 Å². The number of benzene rings is 2. The third kappa shape index (κ3) is 4.72. The first-order chi connectivity index (χ1) is 13.5. The van der Waals surface area contributed by atoms with Gasteiger partial charge >= 0.3 is 0 Å². The van der Waals surface area contributed by atoms with Crippen molar-refractivity contribution in [1.29, 1.82) is 0 Å². The molecule has 1 aliphatic heterocycles. The van der Waals surface area contributed by atoms with Crippen LogP contribution in [0.15, 0.2) is 60.7 Å². The van der Waals surface area contributed by atoms with E-state index in [4.69, 9.17) is 9.16 Å². The van der Waals surface area contributed by atoms with E-state index in [0.717, 1.165) is 30.3 Å². The molecular formula is C24H33IO2Si. The second-order valence-corrected chi connectivity index (χ2v) is 14.0. The van der Waals surface area contributed by atoms with E-state index in [1.807, 2.05) is 0 Å². The molecule has 0 unspecified atom stereocenters. The van der Waals surface area contributed by atoms with E-state index in [1.54, 1.807) is 0 Å². The highest BCUT2D eigenvalue weighted by Crippen LogP contribution is 2.39. The zero-order chi connectivity index (χ0) is 20.0. The maximum Gasteiger partial charge on any atom is 0.261 e. The van der Waals surface area contributed by atoms with Gasteiger partial charge in [0.1, 0.15) is 0 Å². The van der Waals surface area contributed by atoms with Gasteiger partial charge in [-0.05, 0) is 41.1 Å². The first-order valence-electron chi connectivity index (χ1n) is 10.5. The highest BCUT2D eigenvalue weighted by atomic mass is 127. The molecule has 4 heteroatoms. The minimum Gasteiger partial charge on any atom is -0.402 e. The second kappa shape index (κ2) is 9.87. The standard InChI is InChI=1S/C24H33IO2Si/c1-24(2,3)28(20-12-6-4-7-13-20,21-14-8-5-9-15-21)27-23-16-10-11-19-26-22(23)17-18-25/h4-9,12-15,22-23H,10-11,16-19H2,1-3H3/t22-,23-/m0/s1. The molecular weight excluding hydrogens is 475 g/mol. The normalized spacial score (nSPS) is 21.3. The smallest absolute Gasteiger partial charge is 0.261 e.